The van der Waals surface area contributed by atoms with Crippen LogP contribution in [0.2, 0.25) is 0 Å². The molecule has 1 heterocycles. The second kappa shape index (κ2) is 3.09. The van der Waals surface area contributed by atoms with E-state index >= 15 is 0 Å². The summed E-state index contributed by atoms with van der Waals surface area (Å²) in [6.07, 6.45) is 3.29. The molecule has 3 heteroatoms. The summed E-state index contributed by atoms with van der Waals surface area (Å²) < 4.78 is 16.3. The zero-order valence-electron chi connectivity index (χ0n) is 7.24. The second-order valence-electron chi connectivity index (χ2n) is 2.86. The minimum atomic E-state index is -0.938. The van der Waals surface area contributed by atoms with Gasteiger partial charge < -0.3 is 8.97 Å². The smallest absolute Gasteiger partial charge is 0.153 e. The van der Waals surface area contributed by atoms with Crippen molar-refractivity contribution in [3.8, 4) is 0 Å². The van der Waals surface area contributed by atoms with Gasteiger partial charge in [-0.3, -0.25) is 0 Å². The number of fused-ring (bicyclic) bond motifs is 1. The lowest BCUT2D eigenvalue weighted by Gasteiger charge is -2.02. The molecule has 2 nitrogen and oxygen atoms in total. The molecule has 0 fully saturated rings. The molecule has 1 radical (unpaired) electrons. The first kappa shape index (κ1) is 8.66. The summed E-state index contributed by atoms with van der Waals surface area (Å²) in [7, 11) is 0. The molecule has 0 aliphatic heterocycles. The van der Waals surface area contributed by atoms with Crippen LogP contribution in [0.5, 0.6) is 0 Å². The molecule has 0 spiro atoms. The Morgan fingerprint density at radius 3 is 2.92 bits per heavy atom. The van der Waals surface area contributed by atoms with Gasteiger partial charge >= 0.3 is 0 Å². The number of hydrogen-bond donors (Lipinski definition) is 0. The van der Waals surface area contributed by atoms with Crippen LogP contribution in [0.25, 0.3) is 10.8 Å². The van der Waals surface area contributed by atoms with Gasteiger partial charge in [0.25, 0.3) is 0 Å². The van der Waals surface area contributed by atoms with Crippen molar-refractivity contribution in [2.45, 2.75) is 4.90 Å². The zero-order chi connectivity index (χ0) is 9.42. The van der Waals surface area contributed by atoms with E-state index in [1.54, 1.807) is 12.5 Å². The van der Waals surface area contributed by atoms with E-state index < -0.39 is 11.2 Å². The molecular formula is C10H9O2S. The highest BCUT2D eigenvalue weighted by Crippen LogP contribution is 2.23. The zero-order valence-corrected chi connectivity index (χ0v) is 8.06. The van der Waals surface area contributed by atoms with E-state index in [9.17, 15) is 4.55 Å². The Kier molecular flexibility index (Phi) is 2.06. The summed E-state index contributed by atoms with van der Waals surface area (Å²) in [6, 6.07) is 5.59. The van der Waals surface area contributed by atoms with E-state index in [4.69, 9.17) is 4.42 Å². The molecule has 0 saturated heterocycles. The van der Waals surface area contributed by atoms with Crippen LogP contribution in [0.3, 0.4) is 0 Å². The Labute approximate surface area is 79.7 Å². The van der Waals surface area contributed by atoms with E-state index in [1.807, 2.05) is 18.2 Å². The van der Waals surface area contributed by atoms with Gasteiger partial charge in [-0.05, 0) is 23.3 Å². The van der Waals surface area contributed by atoms with Crippen LogP contribution in [0.4, 0.5) is 0 Å². The van der Waals surface area contributed by atoms with Gasteiger partial charge in [-0.25, -0.2) is 0 Å². The van der Waals surface area contributed by atoms with Crippen LogP contribution in [0, 0.1) is 6.92 Å². The van der Waals surface area contributed by atoms with Gasteiger partial charge in [-0.1, -0.05) is 0 Å². The normalized spacial score (nSPS) is 13.5. The molecule has 0 aliphatic carbocycles. The molecule has 2 aromatic rings. The largest absolute Gasteiger partial charge is 0.612 e. The Hall–Kier alpha value is -0.930. The summed E-state index contributed by atoms with van der Waals surface area (Å²) >= 11 is -0.938. The van der Waals surface area contributed by atoms with Crippen LogP contribution in [-0.4, -0.2) is 10.8 Å². The molecule has 1 aromatic carbocycles. The van der Waals surface area contributed by atoms with Crippen molar-refractivity contribution in [2.24, 2.45) is 0 Å². The summed E-state index contributed by atoms with van der Waals surface area (Å²) in [4.78, 5) is 0.813. The Bertz CT molecular complexity index is 431. The maximum Gasteiger partial charge on any atom is 0.153 e. The van der Waals surface area contributed by atoms with Crippen LogP contribution < -0.4 is 0 Å². The third kappa shape index (κ3) is 1.45. The third-order valence-corrected chi connectivity index (χ3v) is 2.90. The van der Waals surface area contributed by atoms with Gasteiger partial charge in [0.2, 0.25) is 0 Å². The fourth-order valence-corrected chi connectivity index (χ4v) is 1.82. The molecule has 0 amide bonds. The first-order valence-electron chi connectivity index (χ1n) is 3.85. The molecular weight excluding hydrogens is 184 g/mol. The van der Waals surface area contributed by atoms with Gasteiger partial charge in [0.1, 0.15) is 12.0 Å². The molecule has 1 unspecified atom stereocenters. The van der Waals surface area contributed by atoms with Crippen LogP contribution in [0.1, 0.15) is 5.76 Å². The summed E-state index contributed by atoms with van der Waals surface area (Å²) in [5.74, 6) is 0.656. The predicted octanol–water partition coefficient (Wildman–Crippen LogP) is 2.35. The van der Waals surface area contributed by atoms with Gasteiger partial charge in [0.05, 0.1) is 6.26 Å². The average Bonchev–Trinajstić information content (AvgIpc) is 2.47. The van der Waals surface area contributed by atoms with Crippen molar-refractivity contribution < 1.29 is 8.97 Å². The number of hydrogen-bond acceptors (Lipinski definition) is 2. The Balaban J connectivity index is 2.63. The Morgan fingerprint density at radius 2 is 2.23 bits per heavy atom. The van der Waals surface area contributed by atoms with Crippen molar-refractivity contribution >= 4 is 21.9 Å². The third-order valence-electron chi connectivity index (χ3n) is 1.98. The van der Waals surface area contributed by atoms with Crippen molar-refractivity contribution in [3.63, 3.8) is 0 Å². The summed E-state index contributed by atoms with van der Waals surface area (Å²) in [5.41, 5.74) is 0. The van der Waals surface area contributed by atoms with E-state index in [0.717, 1.165) is 15.7 Å². The van der Waals surface area contributed by atoms with Crippen molar-refractivity contribution in [3.05, 3.63) is 37.1 Å². The van der Waals surface area contributed by atoms with E-state index in [1.165, 1.54) is 0 Å². The standard InChI is InChI=1S/C10H9O2S/c1-7-10-4-3-9(13(2)11)5-8(10)6-12-7/h3-6H,1H2,2H3. The van der Waals surface area contributed by atoms with E-state index in [2.05, 4.69) is 6.92 Å². The fourth-order valence-electron chi connectivity index (χ4n) is 1.27. The van der Waals surface area contributed by atoms with Crippen molar-refractivity contribution in [2.75, 3.05) is 6.26 Å². The Morgan fingerprint density at radius 1 is 1.46 bits per heavy atom. The fraction of sp³-hybridized carbons (Fsp3) is 0.100. The van der Waals surface area contributed by atoms with Crippen LogP contribution >= 0.6 is 0 Å². The maximum absolute atomic E-state index is 11.2. The molecule has 0 saturated carbocycles. The molecule has 1 atom stereocenters. The predicted molar refractivity (Wildman–Crippen MR) is 53.0 cm³/mol. The van der Waals surface area contributed by atoms with Gasteiger partial charge in [0.15, 0.2) is 4.90 Å². The number of rotatable bonds is 1. The molecule has 1 aromatic heterocycles. The van der Waals surface area contributed by atoms with E-state index in [0.29, 0.717) is 5.76 Å². The minimum Gasteiger partial charge on any atom is -0.612 e. The SMILES string of the molecule is [CH2]c1occ2cc([S+](C)[O-])ccc12. The van der Waals surface area contributed by atoms with Crippen molar-refractivity contribution in [1.82, 2.24) is 0 Å². The highest BCUT2D eigenvalue weighted by atomic mass is 32.2. The quantitative estimate of drug-likeness (QED) is 0.652. The number of benzene rings is 1. The molecule has 0 N–H and O–H groups in total. The molecule has 13 heavy (non-hydrogen) atoms. The average molecular weight is 193 g/mol. The molecule has 0 bridgehead atoms. The topological polar surface area (TPSA) is 36.2 Å². The summed E-state index contributed by atoms with van der Waals surface area (Å²) in [6.45, 7) is 3.74. The lowest BCUT2D eigenvalue weighted by atomic mass is 10.2. The number of furan rings is 1. The van der Waals surface area contributed by atoms with Gasteiger partial charge in [0, 0.05) is 23.8 Å². The van der Waals surface area contributed by atoms with E-state index in [-0.39, 0.29) is 0 Å². The van der Waals surface area contributed by atoms with Crippen molar-refractivity contribution in [1.29, 1.82) is 0 Å². The molecule has 67 valence electrons. The monoisotopic (exact) mass is 193 g/mol. The highest BCUT2D eigenvalue weighted by Gasteiger charge is 2.07. The molecule has 2 rings (SSSR count). The highest BCUT2D eigenvalue weighted by molar-refractivity contribution is 7.90. The lowest BCUT2D eigenvalue weighted by Crippen LogP contribution is -1.95. The van der Waals surface area contributed by atoms with Crippen LogP contribution in [-0.2, 0) is 11.2 Å². The maximum atomic E-state index is 11.2. The molecule has 0 aliphatic rings. The minimum absolute atomic E-state index is 0.656. The van der Waals surface area contributed by atoms with Gasteiger partial charge in [-0.15, -0.1) is 0 Å². The second-order valence-corrected chi connectivity index (χ2v) is 4.24. The first-order valence-corrected chi connectivity index (χ1v) is 5.41. The van der Waals surface area contributed by atoms with Gasteiger partial charge in [-0.2, -0.15) is 0 Å². The summed E-state index contributed by atoms with van der Waals surface area (Å²) in [5, 5.41) is 1.94. The first-order chi connectivity index (χ1) is 6.18. The van der Waals surface area contributed by atoms with Crippen LogP contribution in [0.15, 0.2) is 33.8 Å². The lowest BCUT2D eigenvalue weighted by molar-refractivity contribution is 0.554.